The first-order chi connectivity index (χ1) is 8.79. The van der Waals surface area contributed by atoms with Gasteiger partial charge in [0.25, 0.3) is 5.91 Å². The van der Waals surface area contributed by atoms with Crippen LogP contribution < -0.4 is 11.1 Å². The second kappa shape index (κ2) is 6.56. The van der Waals surface area contributed by atoms with E-state index in [-0.39, 0.29) is 5.91 Å². The molecule has 1 aromatic heterocycles. The SMILES string of the molecule is NCCNC(=O)c1ccc(CN2CCCCC2)o1. The van der Waals surface area contributed by atoms with Crippen molar-refractivity contribution in [3.63, 3.8) is 0 Å². The molecule has 1 amide bonds. The Labute approximate surface area is 107 Å². The third-order valence-corrected chi connectivity index (χ3v) is 3.14. The number of nitrogens with one attached hydrogen (secondary N) is 1. The Morgan fingerprint density at radius 3 is 2.83 bits per heavy atom. The number of likely N-dealkylation sites (tertiary alicyclic amines) is 1. The van der Waals surface area contributed by atoms with Gasteiger partial charge in [0.05, 0.1) is 6.54 Å². The van der Waals surface area contributed by atoms with Crippen LogP contribution >= 0.6 is 0 Å². The fourth-order valence-corrected chi connectivity index (χ4v) is 2.20. The third-order valence-electron chi connectivity index (χ3n) is 3.14. The van der Waals surface area contributed by atoms with Crippen LogP contribution in [0.3, 0.4) is 0 Å². The van der Waals surface area contributed by atoms with E-state index in [1.165, 1.54) is 19.3 Å². The van der Waals surface area contributed by atoms with Gasteiger partial charge in [-0.1, -0.05) is 6.42 Å². The number of furan rings is 1. The van der Waals surface area contributed by atoms with Crippen LogP contribution in [0, 0.1) is 0 Å². The Morgan fingerprint density at radius 1 is 1.33 bits per heavy atom. The molecule has 100 valence electrons. The first-order valence-corrected chi connectivity index (χ1v) is 6.59. The lowest BCUT2D eigenvalue weighted by atomic mass is 10.1. The summed E-state index contributed by atoms with van der Waals surface area (Å²) in [5.41, 5.74) is 5.33. The molecule has 0 unspecified atom stereocenters. The highest BCUT2D eigenvalue weighted by Crippen LogP contribution is 2.15. The summed E-state index contributed by atoms with van der Waals surface area (Å²) in [5, 5.41) is 2.69. The molecule has 1 saturated heterocycles. The van der Waals surface area contributed by atoms with E-state index in [0.717, 1.165) is 25.4 Å². The highest BCUT2D eigenvalue weighted by Gasteiger charge is 2.14. The van der Waals surface area contributed by atoms with E-state index in [1.807, 2.05) is 6.07 Å². The molecule has 0 spiro atoms. The first-order valence-electron chi connectivity index (χ1n) is 6.59. The average molecular weight is 251 g/mol. The highest BCUT2D eigenvalue weighted by atomic mass is 16.4. The number of nitrogens with zero attached hydrogens (tertiary/aromatic N) is 1. The summed E-state index contributed by atoms with van der Waals surface area (Å²) in [4.78, 5) is 14.0. The standard InChI is InChI=1S/C13H21N3O2/c14-6-7-15-13(17)12-5-4-11(18-12)10-16-8-2-1-3-9-16/h4-5H,1-3,6-10,14H2,(H,15,17). The number of rotatable bonds is 5. The van der Waals surface area contributed by atoms with Crippen molar-refractivity contribution in [2.75, 3.05) is 26.2 Å². The van der Waals surface area contributed by atoms with Crippen LogP contribution in [0.2, 0.25) is 0 Å². The predicted octanol–water partition coefficient (Wildman–Crippen LogP) is 0.954. The molecule has 1 aliphatic heterocycles. The Morgan fingerprint density at radius 2 is 2.11 bits per heavy atom. The van der Waals surface area contributed by atoms with Gasteiger partial charge in [0.2, 0.25) is 0 Å². The fraction of sp³-hybridized carbons (Fsp3) is 0.615. The van der Waals surface area contributed by atoms with Crippen molar-refractivity contribution in [1.29, 1.82) is 0 Å². The smallest absolute Gasteiger partial charge is 0.287 e. The second-order valence-electron chi connectivity index (χ2n) is 4.65. The van der Waals surface area contributed by atoms with Crippen LogP contribution in [0.4, 0.5) is 0 Å². The minimum atomic E-state index is -0.189. The van der Waals surface area contributed by atoms with Gasteiger partial charge in [-0.25, -0.2) is 0 Å². The highest BCUT2D eigenvalue weighted by molar-refractivity contribution is 5.91. The van der Waals surface area contributed by atoms with Crippen molar-refractivity contribution >= 4 is 5.91 Å². The molecule has 2 heterocycles. The van der Waals surface area contributed by atoms with Crippen molar-refractivity contribution < 1.29 is 9.21 Å². The van der Waals surface area contributed by atoms with Gasteiger partial charge >= 0.3 is 0 Å². The van der Waals surface area contributed by atoms with Crippen LogP contribution in [0.5, 0.6) is 0 Å². The van der Waals surface area contributed by atoms with Gasteiger partial charge in [0.15, 0.2) is 5.76 Å². The van der Waals surface area contributed by atoms with Gasteiger partial charge in [0.1, 0.15) is 5.76 Å². The van der Waals surface area contributed by atoms with Gasteiger partial charge in [-0.05, 0) is 38.1 Å². The van der Waals surface area contributed by atoms with E-state index >= 15 is 0 Å². The zero-order chi connectivity index (χ0) is 12.8. The summed E-state index contributed by atoms with van der Waals surface area (Å²) in [7, 11) is 0. The van der Waals surface area contributed by atoms with Crippen LogP contribution in [-0.4, -0.2) is 37.0 Å². The van der Waals surface area contributed by atoms with Gasteiger partial charge in [-0.2, -0.15) is 0 Å². The lowest BCUT2D eigenvalue weighted by molar-refractivity contribution is 0.0922. The van der Waals surface area contributed by atoms with Crippen molar-refractivity contribution in [2.45, 2.75) is 25.8 Å². The monoisotopic (exact) mass is 251 g/mol. The lowest BCUT2D eigenvalue weighted by Crippen LogP contribution is -2.29. The number of hydrogen-bond acceptors (Lipinski definition) is 4. The molecule has 0 radical (unpaired) electrons. The molecule has 18 heavy (non-hydrogen) atoms. The van der Waals surface area contributed by atoms with Crippen molar-refractivity contribution in [3.05, 3.63) is 23.7 Å². The molecule has 0 atom stereocenters. The number of hydrogen-bond donors (Lipinski definition) is 2. The number of piperidine rings is 1. The molecule has 1 aliphatic rings. The van der Waals surface area contributed by atoms with Gasteiger partial charge < -0.3 is 15.5 Å². The molecule has 0 aromatic carbocycles. The topological polar surface area (TPSA) is 71.5 Å². The Bertz CT molecular complexity index is 383. The normalized spacial score (nSPS) is 16.7. The summed E-state index contributed by atoms with van der Waals surface area (Å²) in [5.74, 6) is 1.04. The maximum absolute atomic E-state index is 11.6. The lowest BCUT2D eigenvalue weighted by Gasteiger charge is -2.25. The minimum absolute atomic E-state index is 0.189. The number of carbonyl (C=O) groups is 1. The number of carbonyl (C=O) groups excluding carboxylic acids is 1. The largest absolute Gasteiger partial charge is 0.455 e. The maximum atomic E-state index is 11.6. The molecule has 0 aliphatic carbocycles. The predicted molar refractivity (Wildman–Crippen MR) is 69.2 cm³/mol. The summed E-state index contributed by atoms with van der Waals surface area (Å²) in [6.07, 6.45) is 3.83. The molecule has 1 fully saturated rings. The molecular weight excluding hydrogens is 230 g/mol. The Balaban J connectivity index is 1.86. The van der Waals surface area contributed by atoms with E-state index in [9.17, 15) is 4.79 Å². The van der Waals surface area contributed by atoms with Crippen LogP contribution in [0.25, 0.3) is 0 Å². The summed E-state index contributed by atoms with van der Waals surface area (Å²) < 4.78 is 5.55. The molecule has 0 bridgehead atoms. The molecule has 2 rings (SSSR count). The third kappa shape index (κ3) is 3.58. The minimum Gasteiger partial charge on any atom is -0.455 e. The molecular formula is C13H21N3O2. The van der Waals surface area contributed by atoms with Crippen LogP contribution in [0.15, 0.2) is 16.5 Å². The molecule has 5 nitrogen and oxygen atoms in total. The van der Waals surface area contributed by atoms with E-state index in [2.05, 4.69) is 10.2 Å². The summed E-state index contributed by atoms with van der Waals surface area (Å²) in [6, 6.07) is 3.61. The Hall–Kier alpha value is -1.33. The van der Waals surface area contributed by atoms with Crippen LogP contribution in [0.1, 0.15) is 35.6 Å². The van der Waals surface area contributed by atoms with E-state index in [0.29, 0.717) is 18.8 Å². The molecule has 1 aromatic rings. The zero-order valence-corrected chi connectivity index (χ0v) is 10.7. The fourth-order valence-electron chi connectivity index (χ4n) is 2.20. The summed E-state index contributed by atoms with van der Waals surface area (Å²) >= 11 is 0. The van der Waals surface area contributed by atoms with E-state index in [1.54, 1.807) is 6.07 Å². The molecule has 5 heteroatoms. The summed E-state index contributed by atoms with van der Waals surface area (Å²) in [6.45, 7) is 3.95. The van der Waals surface area contributed by atoms with Crippen molar-refractivity contribution in [2.24, 2.45) is 5.73 Å². The number of nitrogens with two attached hydrogens (primary N) is 1. The molecule has 3 N–H and O–H groups in total. The van der Waals surface area contributed by atoms with Crippen LogP contribution in [-0.2, 0) is 6.54 Å². The maximum Gasteiger partial charge on any atom is 0.287 e. The van der Waals surface area contributed by atoms with Gasteiger partial charge in [-0.3, -0.25) is 9.69 Å². The quantitative estimate of drug-likeness (QED) is 0.817. The van der Waals surface area contributed by atoms with Gasteiger partial charge in [0, 0.05) is 13.1 Å². The average Bonchev–Trinajstić information content (AvgIpc) is 2.86. The second-order valence-corrected chi connectivity index (χ2v) is 4.65. The zero-order valence-electron chi connectivity index (χ0n) is 10.7. The van der Waals surface area contributed by atoms with E-state index in [4.69, 9.17) is 10.2 Å². The van der Waals surface area contributed by atoms with Gasteiger partial charge in [-0.15, -0.1) is 0 Å². The van der Waals surface area contributed by atoms with Crippen molar-refractivity contribution in [1.82, 2.24) is 10.2 Å². The Kier molecular flexibility index (Phi) is 4.78. The first kappa shape index (κ1) is 13.1. The van der Waals surface area contributed by atoms with Crippen molar-refractivity contribution in [3.8, 4) is 0 Å². The van der Waals surface area contributed by atoms with E-state index < -0.39 is 0 Å². The molecule has 0 saturated carbocycles. The number of amides is 1.